The van der Waals surface area contributed by atoms with Gasteiger partial charge in [-0.05, 0) is 112 Å². The van der Waals surface area contributed by atoms with Crippen LogP contribution in [0.1, 0.15) is 116 Å². The Hall–Kier alpha value is -5.81. The molecule has 0 spiro atoms. The number of aromatic nitrogens is 8. The average Bonchev–Trinajstić information content (AvgIpc) is 3.97. The second-order valence-corrected chi connectivity index (χ2v) is 26.8. The van der Waals surface area contributed by atoms with E-state index in [2.05, 4.69) is 104 Å². The van der Waals surface area contributed by atoms with E-state index in [4.69, 9.17) is 25.2 Å². The van der Waals surface area contributed by atoms with Gasteiger partial charge >= 0.3 is 0 Å². The largest absolute Gasteiger partial charge is 0.411 e. The van der Waals surface area contributed by atoms with Gasteiger partial charge in [-0.3, -0.25) is 19.9 Å². The highest BCUT2D eigenvalue weighted by atomic mass is 32.2. The van der Waals surface area contributed by atoms with E-state index in [0.717, 1.165) is 98.5 Å². The van der Waals surface area contributed by atoms with Crippen LogP contribution in [-0.4, -0.2) is 61.9 Å². The van der Waals surface area contributed by atoms with Crippen molar-refractivity contribution in [1.82, 2.24) is 44.2 Å². The highest BCUT2D eigenvalue weighted by molar-refractivity contribution is 7.84. The first-order chi connectivity index (χ1) is 32.9. The Morgan fingerprint density at radius 1 is 0.710 bits per heavy atom. The molecule has 0 radical (unpaired) electrons. The molecule has 0 amide bonds. The average molecular weight is 965 g/mol. The van der Waals surface area contributed by atoms with Gasteiger partial charge in [0.05, 0.1) is 104 Å². The van der Waals surface area contributed by atoms with Crippen LogP contribution in [0.15, 0.2) is 122 Å². The lowest BCUT2D eigenvalue weighted by Gasteiger charge is -2.36. The maximum atomic E-state index is 12.9. The van der Waals surface area contributed by atoms with Gasteiger partial charge in [0.2, 0.25) is 0 Å². The van der Waals surface area contributed by atoms with Crippen molar-refractivity contribution in [2.45, 2.75) is 129 Å². The highest BCUT2D eigenvalue weighted by Crippen LogP contribution is 2.37. The number of benzene rings is 2. The van der Waals surface area contributed by atoms with Crippen molar-refractivity contribution in [2.75, 3.05) is 0 Å². The third kappa shape index (κ3) is 12.3. The van der Waals surface area contributed by atoms with Crippen LogP contribution in [0.3, 0.4) is 0 Å². The monoisotopic (exact) mass is 964 g/mol. The molecule has 6 heterocycles. The van der Waals surface area contributed by atoms with Crippen LogP contribution in [-0.2, 0) is 28.6 Å². The molecule has 0 saturated heterocycles. The predicted octanol–water partition coefficient (Wildman–Crippen LogP) is 11.7. The molecule has 362 valence electrons. The van der Waals surface area contributed by atoms with E-state index >= 15 is 0 Å². The van der Waals surface area contributed by atoms with Crippen LogP contribution < -0.4 is 10.5 Å². The Balaban J connectivity index is 0.000000218. The number of fused-ring (bicyclic) bond motifs is 2. The molecule has 2 aromatic carbocycles. The summed E-state index contributed by atoms with van der Waals surface area (Å²) in [5, 5.41) is 20.8. The molecule has 15 heteroatoms. The normalized spacial score (nSPS) is 13.6. The zero-order valence-electron chi connectivity index (χ0n) is 41.8. The molecule has 0 unspecified atom stereocenters. The molecule has 8 aromatic rings. The van der Waals surface area contributed by atoms with Crippen LogP contribution >= 0.6 is 0 Å². The second-order valence-electron chi connectivity index (χ2n) is 20.0. The van der Waals surface area contributed by atoms with Gasteiger partial charge in [-0.25, -0.2) is 18.3 Å². The molecule has 6 aromatic heterocycles. The fraction of sp³-hybridized carbons (Fsp3) is 0.370. The van der Waals surface area contributed by atoms with Crippen LogP contribution in [0.25, 0.3) is 55.7 Å². The zero-order chi connectivity index (χ0) is 49.5. The lowest BCUT2D eigenvalue weighted by Crippen LogP contribution is -2.40. The summed E-state index contributed by atoms with van der Waals surface area (Å²) in [6.45, 7) is 21.8. The standard InChI is InChI=1S/C32H45N5O2SSi.C22H23N5O/c1-10-12-29(36-40(38)31(2,3)4)28-14-11-13-27(35-28)23-15-16-24-21-34-37(30(24)19-23)26-17-18-33-25(20-26)22-39-41(8,9)32(5,6)7;1-2-4-19(23)21-6-3-5-20(26-21)15-7-8-16-13-25-27(22(16)11-15)18-9-10-24-17(12-18)14-28/h11,13-21,29,36H,10,12,22H2,1-9H3;3,5-13,19,28H,2,4,14,23H2,1H3/t29-,40+;19-/m00/s1. The molecule has 0 bridgehead atoms. The summed E-state index contributed by atoms with van der Waals surface area (Å²) < 4.78 is 26.1. The quantitative estimate of drug-likeness (QED) is 0.0792. The smallest absolute Gasteiger partial charge is 0.192 e. The van der Waals surface area contributed by atoms with Gasteiger partial charge in [-0.1, -0.05) is 83.9 Å². The minimum Gasteiger partial charge on any atom is -0.411 e. The maximum absolute atomic E-state index is 12.9. The van der Waals surface area contributed by atoms with E-state index in [0.29, 0.717) is 12.3 Å². The Bertz CT molecular complexity index is 3030. The Kier molecular flexibility index (Phi) is 16.2. The number of hydrogen-bond donors (Lipinski definition) is 3. The van der Waals surface area contributed by atoms with Crippen LogP contribution in [0.2, 0.25) is 18.1 Å². The van der Waals surface area contributed by atoms with E-state index in [9.17, 15) is 9.32 Å². The Labute approximate surface area is 410 Å². The predicted molar refractivity (Wildman–Crippen MR) is 283 cm³/mol. The van der Waals surface area contributed by atoms with Gasteiger partial charge in [0.1, 0.15) is 0 Å². The highest BCUT2D eigenvalue weighted by Gasteiger charge is 2.37. The first kappa shape index (κ1) is 51.0. The van der Waals surface area contributed by atoms with Crippen molar-refractivity contribution in [3.8, 4) is 33.9 Å². The molecule has 13 nitrogen and oxygen atoms in total. The number of pyridine rings is 4. The van der Waals surface area contributed by atoms with Gasteiger partial charge in [0, 0.05) is 40.3 Å². The molecule has 69 heavy (non-hydrogen) atoms. The van der Waals surface area contributed by atoms with E-state index in [-0.39, 0.29) is 28.5 Å². The van der Waals surface area contributed by atoms with Crippen molar-refractivity contribution < 1.29 is 13.7 Å². The molecular weight excluding hydrogens is 897 g/mol. The van der Waals surface area contributed by atoms with Gasteiger partial charge < -0.3 is 15.3 Å². The number of rotatable bonds is 16. The molecule has 0 saturated carbocycles. The van der Waals surface area contributed by atoms with Crippen LogP contribution in [0, 0.1) is 0 Å². The van der Waals surface area contributed by atoms with E-state index in [1.165, 1.54) is 0 Å². The van der Waals surface area contributed by atoms with E-state index in [1.54, 1.807) is 6.20 Å². The van der Waals surface area contributed by atoms with Gasteiger partial charge in [-0.2, -0.15) is 10.2 Å². The fourth-order valence-corrected chi connectivity index (χ4v) is 9.34. The number of nitrogens with two attached hydrogens (primary N) is 1. The summed E-state index contributed by atoms with van der Waals surface area (Å²) in [5.41, 5.74) is 17.1. The summed E-state index contributed by atoms with van der Waals surface area (Å²) in [4.78, 5) is 18.5. The molecule has 0 aliphatic carbocycles. The maximum Gasteiger partial charge on any atom is 0.192 e. The third-order valence-electron chi connectivity index (χ3n) is 12.6. The van der Waals surface area contributed by atoms with Gasteiger partial charge in [0.15, 0.2) is 8.32 Å². The SMILES string of the molecule is CCC[C@H](N)c1cccc(-c2ccc3cnn(-c4ccnc(CO)c4)c3c2)n1.CCC[C@H](N[S@](=O)C(C)(C)C)c1cccc(-c2ccc3cnn(-c4ccnc(CO[Si](C)(C)C(C)(C)C)c4)c3c2)n1. The van der Waals surface area contributed by atoms with Crippen LogP contribution in [0.4, 0.5) is 0 Å². The van der Waals surface area contributed by atoms with Crippen molar-refractivity contribution in [1.29, 1.82) is 0 Å². The number of aliphatic hydroxyl groups excluding tert-OH is 1. The summed E-state index contributed by atoms with van der Waals surface area (Å²) in [5.74, 6) is 0. The first-order valence-electron chi connectivity index (χ1n) is 23.9. The summed E-state index contributed by atoms with van der Waals surface area (Å²) in [6.07, 6.45) is 11.0. The second kappa shape index (κ2) is 21.9. The summed E-state index contributed by atoms with van der Waals surface area (Å²) in [6, 6.07) is 32.2. The zero-order valence-corrected chi connectivity index (χ0v) is 43.6. The van der Waals surface area contributed by atoms with E-state index in [1.807, 2.05) is 109 Å². The van der Waals surface area contributed by atoms with Crippen molar-refractivity contribution >= 4 is 41.1 Å². The molecular formula is C54H68N10O3SSi. The third-order valence-corrected chi connectivity index (χ3v) is 18.7. The van der Waals surface area contributed by atoms with Gasteiger partial charge in [0.25, 0.3) is 0 Å². The lowest BCUT2D eigenvalue weighted by molar-refractivity contribution is 0.272. The van der Waals surface area contributed by atoms with E-state index < -0.39 is 19.3 Å². The van der Waals surface area contributed by atoms with Gasteiger partial charge in [-0.15, -0.1) is 0 Å². The molecule has 8 rings (SSSR count). The lowest BCUT2D eigenvalue weighted by atomic mass is 10.1. The summed E-state index contributed by atoms with van der Waals surface area (Å²) >= 11 is 0. The molecule has 3 atom stereocenters. The molecule has 0 fully saturated rings. The minimum atomic E-state index is -1.89. The van der Waals surface area contributed by atoms with Crippen LogP contribution in [0.5, 0.6) is 0 Å². The van der Waals surface area contributed by atoms with Crippen molar-refractivity contribution in [2.24, 2.45) is 5.73 Å². The minimum absolute atomic E-state index is 0.0482. The number of nitrogens with zero attached hydrogens (tertiary/aromatic N) is 8. The Morgan fingerprint density at radius 2 is 1.23 bits per heavy atom. The van der Waals surface area contributed by atoms with Crippen molar-refractivity contribution in [3.05, 3.63) is 145 Å². The topological polar surface area (TPSA) is 172 Å². The Morgan fingerprint density at radius 3 is 1.75 bits per heavy atom. The first-order valence-corrected chi connectivity index (χ1v) is 27.9. The van der Waals surface area contributed by atoms with Crippen molar-refractivity contribution in [3.63, 3.8) is 0 Å². The molecule has 0 aliphatic rings. The molecule has 4 N–H and O–H groups in total. The fourth-order valence-electron chi connectivity index (χ4n) is 7.54. The summed E-state index contributed by atoms with van der Waals surface area (Å²) in [7, 11) is -3.07. The molecule has 0 aliphatic heterocycles. The number of hydrogen-bond acceptors (Lipinski definition) is 10. The number of nitrogens with one attached hydrogen (secondary N) is 1. The number of aliphatic hydroxyl groups is 1.